The molecule has 1 aromatic heterocycles. The molecule has 0 radical (unpaired) electrons. The van der Waals surface area contributed by atoms with Crippen LogP contribution in [-0.4, -0.2) is 22.6 Å². The second-order valence-electron chi connectivity index (χ2n) is 4.38. The minimum absolute atomic E-state index is 0.214. The molecule has 0 spiro atoms. The molecule has 0 aliphatic carbocycles. The van der Waals surface area contributed by atoms with Crippen molar-refractivity contribution in [2.75, 3.05) is 12.0 Å². The highest BCUT2D eigenvalue weighted by Gasteiger charge is 2.11. The van der Waals surface area contributed by atoms with Gasteiger partial charge in [0.2, 0.25) is 0 Å². The highest BCUT2D eigenvalue weighted by atomic mass is 16.1. The minimum atomic E-state index is -0.214. The second kappa shape index (κ2) is 6.15. The Morgan fingerprint density at radius 1 is 1.35 bits per heavy atom. The van der Waals surface area contributed by atoms with E-state index in [1.165, 1.54) is 0 Å². The van der Waals surface area contributed by atoms with Crippen LogP contribution in [0.15, 0.2) is 12.1 Å². The lowest BCUT2D eigenvalue weighted by atomic mass is 9.98. The zero-order valence-electron chi connectivity index (χ0n) is 10.4. The van der Waals surface area contributed by atoms with Crippen LogP contribution in [0.5, 0.6) is 0 Å². The van der Waals surface area contributed by atoms with Crippen molar-refractivity contribution in [2.24, 2.45) is 17.7 Å². The van der Waals surface area contributed by atoms with Crippen LogP contribution in [0.2, 0.25) is 0 Å². The molecule has 0 saturated carbocycles. The fourth-order valence-corrected chi connectivity index (χ4v) is 1.11. The molecule has 1 amide bonds. The van der Waals surface area contributed by atoms with Crippen molar-refractivity contribution in [1.29, 1.82) is 0 Å². The predicted molar refractivity (Wildman–Crippen MR) is 66.2 cm³/mol. The number of aromatic nitrogens is 2. The van der Waals surface area contributed by atoms with Gasteiger partial charge in [0.05, 0.1) is 0 Å². The average molecular weight is 237 g/mol. The molecule has 94 valence electrons. The Bertz CT molecular complexity index is 363. The Kier molecular flexibility index (Phi) is 4.84. The van der Waals surface area contributed by atoms with Crippen molar-refractivity contribution in [1.82, 2.24) is 15.5 Å². The largest absolute Gasteiger partial charge is 0.350 e. The number of amides is 1. The lowest BCUT2D eigenvalue weighted by molar-refractivity contribution is 0.0939. The summed E-state index contributed by atoms with van der Waals surface area (Å²) in [4.78, 5) is 11.7. The SMILES string of the molecule is CC(C)C(C)CNC(=O)c1ccc(NN)nn1. The van der Waals surface area contributed by atoms with Gasteiger partial charge >= 0.3 is 0 Å². The number of nitrogens with one attached hydrogen (secondary N) is 2. The first-order valence-electron chi connectivity index (χ1n) is 5.63. The summed E-state index contributed by atoms with van der Waals surface area (Å²) >= 11 is 0. The van der Waals surface area contributed by atoms with Gasteiger partial charge in [-0.2, -0.15) is 0 Å². The third kappa shape index (κ3) is 3.99. The van der Waals surface area contributed by atoms with Crippen molar-refractivity contribution in [2.45, 2.75) is 20.8 Å². The molecule has 6 heteroatoms. The summed E-state index contributed by atoms with van der Waals surface area (Å²) in [5, 5.41) is 10.3. The van der Waals surface area contributed by atoms with Gasteiger partial charge in [0.1, 0.15) is 0 Å². The van der Waals surface area contributed by atoms with E-state index in [0.717, 1.165) is 0 Å². The van der Waals surface area contributed by atoms with Gasteiger partial charge in [-0.1, -0.05) is 20.8 Å². The van der Waals surface area contributed by atoms with Crippen LogP contribution in [-0.2, 0) is 0 Å². The minimum Gasteiger partial charge on any atom is -0.350 e. The summed E-state index contributed by atoms with van der Waals surface area (Å²) in [5.74, 6) is 6.33. The molecule has 0 saturated heterocycles. The van der Waals surface area contributed by atoms with Crippen LogP contribution in [0.3, 0.4) is 0 Å². The van der Waals surface area contributed by atoms with Crippen LogP contribution in [0.1, 0.15) is 31.3 Å². The standard InChI is InChI=1S/C11H19N5O/c1-7(2)8(3)6-13-11(17)9-4-5-10(14-12)16-15-9/h4-5,7-8H,6,12H2,1-3H3,(H,13,17)(H,14,16). The number of hydrogen-bond acceptors (Lipinski definition) is 5. The summed E-state index contributed by atoms with van der Waals surface area (Å²) in [7, 11) is 0. The van der Waals surface area contributed by atoms with Gasteiger partial charge in [-0.25, -0.2) is 5.84 Å². The molecule has 17 heavy (non-hydrogen) atoms. The van der Waals surface area contributed by atoms with E-state index < -0.39 is 0 Å². The Morgan fingerprint density at radius 3 is 2.53 bits per heavy atom. The van der Waals surface area contributed by atoms with Gasteiger partial charge in [0, 0.05) is 6.54 Å². The number of hydrogen-bond donors (Lipinski definition) is 3. The third-order valence-electron chi connectivity index (χ3n) is 2.77. The van der Waals surface area contributed by atoms with Crippen LogP contribution in [0, 0.1) is 11.8 Å². The van der Waals surface area contributed by atoms with E-state index in [1.54, 1.807) is 12.1 Å². The molecule has 1 aromatic rings. The highest BCUT2D eigenvalue weighted by molar-refractivity contribution is 5.92. The number of nitrogen functional groups attached to an aromatic ring is 1. The van der Waals surface area contributed by atoms with E-state index in [1.807, 2.05) is 0 Å². The van der Waals surface area contributed by atoms with Gasteiger partial charge in [-0.05, 0) is 24.0 Å². The number of nitrogens with two attached hydrogens (primary N) is 1. The van der Waals surface area contributed by atoms with Gasteiger partial charge < -0.3 is 10.7 Å². The first kappa shape index (κ1) is 13.4. The summed E-state index contributed by atoms with van der Waals surface area (Å²) in [6.07, 6.45) is 0. The Morgan fingerprint density at radius 2 is 2.06 bits per heavy atom. The maximum absolute atomic E-state index is 11.7. The Labute approximate surface area is 101 Å². The van der Waals surface area contributed by atoms with E-state index in [-0.39, 0.29) is 5.91 Å². The molecule has 0 aromatic carbocycles. The first-order valence-corrected chi connectivity index (χ1v) is 5.63. The predicted octanol–water partition coefficient (Wildman–Crippen LogP) is 0.784. The van der Waals surface area contributed by atoms with E-state index in [2.05, 4.69) is 41.7 Å². The van der Waals surface area contributed by atoms with Crippen molar-refractivity contribution < 1.29 is 4.79 Å². The summed E-state index contributed by atoms with van der Waals surface area (Å²) in [6.45, 7) is 6.98. The van der Waals surface area contributed by atoms with E-state index in [0.29, 0.717) is 29.9 Å². The Balaban J connectivity index is 2.52. The molecule has 1 unspecified atom stereocenters. The molecule has 6 nitrogen and oxygen atoms in total. The van der Waals surface area contributed by atoms with Gasteiger partial charge in [-0.15, -0.1) is 10.2 Å². The van der Waals surface area contributed by atoms with Crippen molar-refractivity contribution in [3.05, 3.63) is 17.8 Å². The molecule has 1 heterocycles. The van der Waals surface area contributed by atoms with Crippen LogP contribution in [0.25, 0.3) is 0 Å². The molecular formula is C11H19N5O. The number of hydrazine groups is 1. The topological polar surface area (TPSA) is 92.9 Å². The molecular weight excluding hydrogens is 218 g/mol. The molecule has 4 N–H and O–H groups in total. The number of anilines is 1. The summed E-state index contributed by atoms with van der Waals surface area (Å²) < 4.78 is 0. The van der Waals surface area contributed by atoms with Crippen LogP contribution < -0.4 is 16.6 Å². The molecule has 0 fully saturated rings. The average Bonchev–Trinajstić information content (AvgIpc) is 2.35. The maximum Gasteiger partial charge on any atom is 0.271 e. The quantitative estimate of drug-likeness (QED) is 0.520. The molecule has 0 bridgehead atoms. The molecule has 0 aliphatic rings. The fraction of sp³-hybridized carbons (Fsp3) is 0.545. The zero-order chi connectivity index (χ0) is 12.8. The van der Waals surface area contributed by atoms with Gasteiger partial charge in [0.25, 0.3) is 5.91 Å². The van der Waals surface area contributed by atoms with Crippen molar-refractivity contribution in [3.8, 4) is 0 Å². The summed E-state index contributed by atoms with van der Waals surface area (Å²) in [6, 6.07) is 3.19. The van der Waals surface area contributed by atoms with Crippen molar-refractivity contribution >= 4 is 11.7 Å². The molecule has 1 atom stereocenters. The zero-order valence-corrected chi connectivity index (χ0v) is 10.4. The maximum atomic E-state index is 11.7. The monoisotopic (exact) mass is 237 g/mol. The molecule has 1 rings (SSSR count). The molecule has 0 aliphatic heterocycles. The fourth-order valence-electron chi connectivity index (χ4n) is 1.11. The van der Waals surface area contributed by atoms with E-state index in [4.69, 9.17) is 5.84 Å². The number of nitrogens with zero attached hydrogens (tertiary/aromatic N) is 2. The summed E-state index contributed by atoms with van der Waals surface area (Å²) in [5.41, 5.74) is 2.64. The lowest BCUT2D eigenvalue weighted by Gasteiger charge is -2.15. The van der Waals surface area contributed by atoms with Gasteiger partial charge in [0.15, 0.2) is 11.5 Å². The van der Waals surface area contributed by atoms with Crippen LogP contribution in [0.4, 0.5) is 5.82 Å². The Hall–Kier alpha value is -1.69. The first-order chi connectivity index (χ1) is 8.04. The smallest absolute Gasteiger partial charge is 0.271 e. The second-order valence-corrected chi connectivity index (χ2v) is 4.38. The number of rotatable bonds is 5. The van der Waals surface area contributed by atoms with Crippen LogP contribution >= 0.6 is 0 Å². The van der Waals surface area contributed by atoms with E-state index in [9.17, 15) is 4.79 Å². The normalized spacial score (nSPS) is 12.3. The van der Waals surface area contributed by atoms with Crippen molar-refractivity contribution in [3.63, 3.8) is 0 Å². The van der Waals surface area contributed by atoms with E-state index >= 15 is 0 Å². The lowest BCUT2D eigenvalue weighted by Crippen LogP contribution is -2.30. The third-order valence-corrected chi connectivity index (χ3v) is 2.77. The number of carbonyl (C=O) groups excluding carboxylic acids is 1. The highest BCUT2D eigenvalue weighted by Crippen LogP contribution is 2.08. The van der Waals surface area contributed by atoms with Gasteiger partial charge in [-0.3, -0.25) is 4.79 Å². The number of carbonyl (C=O) groups is 1.